The largest absolute Gasteiger partial charge is 0.497 e. The standard InChI is InChI=1S/C38H28N2O2/c1-41-29-17-13-27(14-18-29)35-21-31(25-9-5-3-6-10-25)33-24-38-34(23-37(33)39-35)32(26-11-7-4-8-12-26)22-36(40-38)28-15-19-30(42-2)20-16-28/h3-24H,1-2H3. The van der Waals surface area contributed by atoms with Crippen molar-refractivity contribution in [1.82, 2.24) is 9.97 Å². The van der Waals surface area contributed by atoms with Crippen molar-refractivity contribution in [1.29, 1.82) is 0 Å². The molecule has 0 saturated carbocycles. The monoisotopic (exact) mass is 544 g/mol. The molecule has 0 aliphatic carbocycles. The Morgan fingerprint density at radius 1 is 0.405 bits per heavy atom. The molecule has 0 unspecified atom stereocenters. The number of pyridine rings is 2. The van der Waals surface area contributed by atoms with E-state index in [1.165, 1.54) is 0 Å². The topological polar surface area (TPSA) is 44.2 Å². The van der Waals surface area contributed by atoms with Crippen LogP contribution in [-0.4, -0.2) is 24.2 Å². The molecule has 4 nitrogen and oxygen atoms in total. The molecule has 2 aromatic heterocycles. The lowest BCUT2D eigenvalue weighted by atomic mass is 9.94. The Labute approximate surface area is 244 Å². The smallest absolute Gasteiger partial charge is 0.118 e. The van der Waals surface area contributed by atoms with Gasteiger partial charge in [-0.1, -0.05) is 60.7 Å². The highest BCUT2D eigenvalue weighted by atomic mass is 16.5. The molecule has 0 aliphatic rings. The number of fused-ring (bicyclic) bond motifs is 2. The van der Waals surface area contributed by atoms with Gasteiger partial charge in [0.1, 0.15) is 11.5 Å². The average Bonchev–Trinajstić information content (AvgIpc) is 3.07. The summed E-state index contributed by atoms with van der Waals surface area (Å²) >= 11 is 0. The maximum atomic E-state index is 5.39. The highest BCUT2D eigenvalue weighted by molar-refractivity contribution is 6.08. The summed E-state index contributed by atoms with van der Waals surface area (Å²) in [4.78, 5) is 10.4. The van der Waals surface area contributed by atoms with E-state index < -0.39 is 0 Å². The molecule has 7 aromatic rings. The minimum Gasteiger partial charge on any atom is -0.497 e. The molecule has 0 N–H and O–H groups in total. The number of rotatable bonds is 6. The van der Waals surface area contributed by atoms with Gasteiger partial charge in [-0.05, 0) is 95.1 Å². The molecule has 4 heteroatoms. The first kappa shape index (κ1) is 25.5. The zero-order valence-corrected chi connectivity index (χ0v) is 23.4. The molecule has 202 valence electrons. The highest BCUT2D eigenvalue weighted by Crippen LogP contribution is 2.38. The van der Waals surface area contributed by atoms with Crippen LogP contribution in [0.2, 0.25) is 0 Å². The molecular formula is C38H28N2O2. The zero-order chi connectivity index (χ0) is 28.5. The van der Waals surface area contributed by atoms with Crippen molar-refractivity contribution >= 4 is 21.8 Å². The Morgan fingerprint density at radius 2 is 0.786 bits per heavy atom. The van der Waals surface area contributed by atoms with Crippen molar-refractivity contribution in [2.45, 2.75) is 0 Å². The molecule has 0 radical (unpaired) electrons. The normalized spacial score (nSPS) is 11.1. The second-order valence-corrected chi connectivity index (χ2v) is 10.2. The molecule has 0 bridgehead atoms. The maximum absolute atomic E-state index is 5.39. The van der Waals surface area contributed by atoms with Crippen LogP contribution >= 0.6 is 0 Å². The van der Waals surface area contributed by atoms with Gasteiger partial charge in [0.05, 0.1) is 36.6 Å². The lowest BCUT2D eigenvalue weighted by molar-refractivity contribution is 0.415. The Kier molecular flexibility index (Phi) is 6.57. The van der Waals surface area contributed by atoms with E-state index >= 15 is 0 Å². The number of methoxy groups -OCH3 is 2. The SMILES string of the molecule is COc1ccc(-c2cc(-c3ccccc3)c3cc4nc(-c5ccc(OC)cc5)cc(-c5ccccc5)c4cc3n2)cc1. The summed E-state index contributed by atoms with van der Waals surface area (Å²) < 4.78 is 10.8. The first-order valence-electron chi connectivity index (χ1n) is 13.9. The second-order valence-electron chi connectivity index (χ2n) is 10.2. The predicted molar refractivity (Wildman–Crippen MR) is 172 cm³/mol. The summed E-state index contributed by atoms with van der Waals surface area (Å²) in [6.45, 7) is 0. The molecule has 7 rings (SSSR count). The molecule has 42 heavy (non-hydrogen) atoms. The second kappa shape index (κ2) is 10.8. The van der Waals surface area contributed by atoms with Crippen LogP contribution in [0.15, 0.2) is 133 Å². The molecule has 0 aliphatic heterocycles. The van der Waals surface area contributed by atoms with Crippen LogP contribution < -0.4 is 9.47 Å². The lowest BCUT2D eigenvalue weighted by Gasteiger charge is -2.15. The number of ether oxygens (including phenoxy) is 2. The van der Waals surface area contributed by atoms with E-state index in [0.717, 1.165) is 78.1 Å². The summed E-state index contributed by atoms with van der Waals surface area (Å²) in [7, 11) is 3.36. The number of benzene rings is 5. The van der Waals surface area contributed by atoms with E-state index in [-0.39, 0.29) is 0 Å². The third-order valence-corrected chi connectivity index (χ3v) is 7.68. The minimum atomic E-state index is 0.819. The Balaban J connectivity index is 1.52. The summed E-state index contributed by atoms with van der Waals surface area (Å²) in [5, 5.41) is 2.12. The van der Waals surface area contributed by atoms with Gasteiger partial charge in [-0.2, -0.15) is 0 Å². The van der Waals surface area contributed by atoms with Crippen LogP contribution in [0.3, 0.4) is 0 Å². The van der Waals surface area contributed by atoms with Gasteiger partial charge in [-0.15, -0.1) is 0 Å². The molecule has 0 spiro atoms. The summed E-state index contributed by atoms with van der Waals surface area (Å²) in [6, 6.07) is 45.8. The van der Waals surface area contributed by atoms with E-state index in [1.54, 1.807) is 14.2 Å². The number of hydrogen-bond donors (Lipinski definition) is 0. The van der Waals surface area contributed by atoms with Crippen molar-refractivity contribution in [2.75, 3.05) is 14.2 Å². The van der Waals surface area contributed by atoms with Gasteiger partial charge in [0.25, 0.3) is 0 Å². The summed E-state index contributed by atoms with van der Waals surface area (Å²) in [5.74, 6) is 1.64. The quantitative estimate of drug-likeness (QED) is 0.196. The predicted octanol–water partition coefficient (Wildman–Crippen LogP) is 9.47. The van der Waals surface area contributed by atoms with E-state index in [9.17, 15) is 0 Å². The molecule has 5 aromatic carbocycles. The van der Waals surface area contributed by atoms with Crippen molar-refractivity contribution in [3.05, 3.63) is 133 Å². The molecule has 0 fully saturated rings. The minimum absolute atomic E-state index is 0.819. The molecule has 2 heterocycles. The van der Waals surface area contributed by atoms with Gasteiger partial charge < -0.3 is 9.47 Å². The van der Waals surface area contributed by atoms with Crippen molar-refractivity contribution in [3.8, 4) is 56.3 Å². The van der Waals surface area contributed by atoms with Gasteiger partial charge in [0, 0.05) is 21.9 Å². The van der Waals surface area contributed by atoms with Crippen LogP contribution in [-0.2, 0) is 0 Å². The van der Waals surface area contributed by atoms with Crippen LogP contribution in [0.4, 0.5) is 0 Å². The van der Waals surface area contributed by atoms with Crippen molar-refractivity contribution < 1.29 is 9.47 Å². The number of hydrogen-bond acceptors (Lipinski definition) is 4. The number of nitrogens with zero attached hydrogens (tertiary/aromatic N) is 2. The van der Waals surface area contributed by atoms with Crippen molar-refractivity contribution in [3.63, 3.8) is 0 Å². The van der Waals surface area contributed by atoms with E-state index in [4.69, 9.17) is 19.4 Å². The lowest BCUT2D eigenvalue weighted by Crippen LogP contribution is -1.94. The molecular weight excluding hydrogens is 516 g/mol. The van der Waals surface area contributed by atoms with Crippen molar-refractivity contribution in [2.24, 2.45) is 0 Å². The Morgan fingerprint density at radius 3 is 1.14 bits per heavy atom. The van der Waals surface area contributed by atoms with Gasteiger partial charge >= 0.3 is 0 Å². The van der Waals surface area contributed by atoms with Gasteiger partial charge in [-0.3, -0.25) is 0 Å². The maximum Gasteiger partial charge on any atom is 0.118 e. The zero-order valence-electron chi connectivity index (χ0n) is 23.4. The number of aromatic nitrogens is 2. The summed E-state index contributed by atoms with van der Waals surface area (Å²) in [5.41, 5.74) is 10.2. The van der Waals surface area contributed by atoms with Gasteiger partial charge in [0.15, 0.2) is 0 Å². The van der Waals surface area contributed by atoms with Crippen LogP contribution in [0.5, 0.6) is 11.5 Å². The fourth-order valence-corrected chi connectivity index (χ4v) is 5.48. The Hall–Kier alpha value is -5.48. The van der Waals surface area contributed by atoms with Crippen LogP contribution in [0.25, 0.3) is 66.6 Å². The van der Waals surface area contributed by atoms with Gasteiger partial charge in [-0.25, -0.2) is 9.97 Å². The first-order valence-corrected chi connectivity index (χ1v) is 13.9. The van der Waals surface area contributed by atoms with Crippen LogP contribution in [0, 0.1) is 0 Å². The average molecular weight is 545 g/mol. The van der Waals surface area contributed by atoms with Gasteiger partial charge in [0.2, 0.25) is 0 Å². The summed E-state index contributed by atoms with van der Waals surface area (Å²) in [6.07, 6.45) is 0. The van der Waals surface area contributed by atoms with E-state index in [1.807, 2.05) is 36.4 Å². The van der Waals surface area contributed by atoms with E-state index in [0.29, 0.717) is 0 Å². The molecule has 0 amide bonds. The Bertz CT molecular complexity index is 1870. The third-order valence-electron chi connectivity index (χ3n) is 7.68. The first-order chi connectivity index (χ1) is 20.7. The van der Waals surface area contributed by atoms with Crippen LogP contribution in [0.1, 0.15) is 0 Å². The molecule has 0 atom stereocenters. The third kappa shape index (κ3) is 4.73. The van der Waals surface area contributed by atoms with E-state index in [2.05, 4.69) is 97.1 Å². The fraction of sp³-hybridized carbons (Fsp3) is 0.0526. The highest BCUT2D eigenvalue weighted by Gasteiger charge is 2.15. The molecule has 0 saturated heterocycles. The fourth-order valence-electron chi connectivity index (χ4n) is 5.48.